The molecule has 5 aliphatic rings. The quantitative estimate of drug-likeness (QED) is 0.0376. The fourth-order valence-corrected chi connectivity index (χ4v) is 23.2. The van der Waals surface area contributed by atoms with Gasteiger partial charge in [0.1, 0.15) is 0 Å². The van der Waals surface area contributed by atoms with Crippen LogP contribution in [0, 0.1) is 0 Å². The van der Waals surface area contributed by atoms with E-state index < -0.39 is 0 Å². The Hall–Kier alpha value is -12.3. The van der Waals surface area contributed by atoms with E-state index in [2.05, 4.69) is 399 Å². The normalized spacial score (nSPS) is 13.9. The van der Waals surface area contributed by atoms with Gasteiger partial charge < -0.3 is 16.0 Å². The first kappa shape index (κ1) is 95.4. The molecule has 8 heteroatoms. The second-order valence-corrected chi connectivity index (χ2v) is 41.4. The molecule has 0 fully saturated rings. The number of pyridine rings is 3. The average Bonchev–Trinajstić information content (AvgIpc) is 1.56. The van der Waals surface area contributed by atoms with E-state index in [0.717, 1.165) is 49.5 Å². The molecule has 0 saturated carbocycles. The van der Waals surface area contributed by atoms with Crippen LogP contribution in [-0.4, -0.2) is 15.0 Å². The van der Waals surface area contributed by atoms with Gasteiger partial charge in [-0.25, -0.2) is 0 Å². The summed E-state index contributed by atoms with van der Waals surface area (Å²) in [7, 11) is 0. The van der Waals surface area contributed by atoms with E-state index in [4.69, 9.17) is 5.73 Å². The van der Waals surface area contributed by atoms with Gasteiger partial charge in [-0.2, -0.15) is 0 Å². The van der Waals surface area contributed by atoms with E-state index in [-0.39, 0.29) is 27.1 Å². The lowest BCUT2D eigenvalue weighted by Crippen LogP contribution is -2.26. The Bertz CT molecular complexity index is 6730. The zero-order chi connectivity index (χ0) is 94.4. The highest BCUT2D eigenvalue weighted by atomic mass is 79.9. The van der Waals surface area contributed by atoms with E-state index in [9.17, 15) is 0 Å². The number of nitrogens with two attached hydrogens (primary N) is 1. The summed E-state index contributed by atoms with van der Waals surface area (Å²) < 4.78 is 2.38. The van der Waals surface area contributed by atoms with Crippen LogP contribution in [-0.2, 0) is 27.1 Å². The van der Waals surface area contributed by atoms with Gasteiger partial charge in [0.2, 0.25) is 0 Å². The second kappa shape index (κ2) is 42.9. The van der Waals surface area contributed by atoms with Gasteiger partial charge in [0.25, 0.3) is 0 Å². The van der Waals surface area contributed by atoms with Gasteiger partial charge in [0, 0.05) is 107 Å². The number of fused-ring (bicyclic) bond motifs is 15. The molecule has 0 unspecified atom stereocenters. The van der Waals surface area contributed by atoms with E-state index >= 15 is 0 Å². The van der Waals surface area contributed by atoms with Crippen LogP contribution >= 0.6 is 31.9 Å². The number of hydrogen-bond donors (Lipinski definition) is 2. The molecule has 0 aliphatic heterocycles. The van der Waals surface area contributed by atoms with Gasteiger partial charge in [-0.3, -0.25) is 15.0 Å². The zero-order valence-electron chi connectivity index (χ0n) is 81.3. The molecule has 16 aromatic rings. The maximum atomic E-state index is 5.59. The predicted molar refractivity (Wildman–Crippen MR) is 586 cm³/mol. The van der Waals surface area contributed by atoms with Crippen LogP contribution in [0.25, 0.3) is 89.0 Å². The van der Waals surface area contributed by atoms with Gasteiger partial charge in [0.15, 0.2) is 0 Å². The number of rotatable bonds is 28. The lowest BCUT2D eigenvalue weighted by molar-refractivity contribution is 0.401. The number of unbranched alkanes of at least 4 members (excludes halogenated alkanes) is 12. The molecule has 0 bridgehead atoms. The summed E-state index contributed by atoms with van der Waals surface area (Å²) in [6.07, 6.45) is 37.1. The van der Waals surface area contributed by atoms with Crippen molar-refractivity contribution < 1.29 is 0 Å². The molecular weight excluding hydrogens is 1780 g/mol. The largest absolute Gasteiger partial charge is 0.399 e. The molecule has 688 valence electrons. The summed E-state index contributed by atoms with van der Waals surface area (Å²) in [6.45, 7) is 23.2. The van der Waals surface area contributed by atoms with Gasteiger partial charge in [-0.1, -0.05) is 410 Å². The molecule has 0 spiro atoms. The Labute approximate surface area is 827 Å². The minimum atomic E-state index is -0.0799. The van der Waals surface area contributed by atoms with E-state index in [1.54, 1.807) is 29.1 Å². The number of benzene rings is 13. The number of nitrogens with zero attached hydrogens (tertiary/aromatic N) is 4. The molecule has 0 amide bonds. The van der Waals surface area contributed by atoms with Gasteiger partial charge in [-0.15, -0.1) is 0 Å². The van der Waals surface area contributed by atoms with E-state index in [1.807, 2.05) is 73.3 Å². The van der Waals surface area contributed by atoms with Crippen LogP contribution in [0.3, 0.4) is 0 Å². The minimum Gasteiger partial charge on any atom is -0.399 e. The Morgan fingerprint density at radius 2 is 0.537 bits per heavy atom. The number of aromatic nitrogens is 3. The Kier molecular flexibility index (Phi) is 30.1. The fourth-order valence-electron chi connectivity index (χ4n) is 22.5. The highest BCUT2D eigenvalue weighted by Gasteiger charge is 2.45. The molecule has 21 rings (SSSR count). The van der Waals surface area contributed by atoms with Crippen LogP contribution in [0.4, 0.5) is 34.1 Å². The Morgan fingerprint density at radius 1 is 0.250 bits per heavy atom. The summed E-state index contributed by atoms with van der Waals surface area (Å²) in [5.41, 5.74) is 48.0. The lowest BCUT2D eigenvalue weighted by Gasteiger charge is -2.34. The van der Waals surface area contributed by atoms with Crippen molar-refractivity contribution >= 4 is 66.0 Å². The first-order chi connectivity index (χ1) is 66.3. The van der Waals surface area contributed by atoms with Crippen molar-refractivity contribution in [2.24, 2.45) is 0 Å². The number of anilines is 6. The standard InChI is InChI=1S/C51H54N2.C26H22N2.C25H33Br.C15H13Br.C11H10N2/c1-5-7-9-15-31-51(32-16-10-8-6-2)47-22-14-12-20-43(47)45-30-28-41(35-49(45)51)53(39-25-23-37(24-26-39)38-18-17-33-52-36-38)40-27-29-44-42-19-11-13-21-46(42)50(3,4)48(44)34-40;1-26(2)24-8-4-3-7-22(24)23-14-13-21(16-25(23)26)28-20-11-9-18(10-12-20)19-6-5-15-27-17-19;1-3-5-7-11-17-25(18-12-8-6-4-2)23-14-10-9-13-21(23)22-16-15-20(26)19-24(22)25;1-15(2)13-6-4-3-5-11(13)12-8-7-10(16)9-14(12)15;12-11-5-3-9(4-6-11)10-2-1-7-13-8-10/h11-14,17-30,33-36H,5-10,15-16,31-32H2,1-4H3;3-17,28H,1-2H3;9-10,13-16,19H,3-8,11-12,17-18H2,1-2H3;3-9H,1-2H3;1-8H,12H2. The summed E-state index contributed by atoms with van der Waals surface area (Å²) in [4.78, 5) is 15.2. The summed E-state index contributed by atoms with van der Waals surface area (Å²) in [5, 5.41) is 3.56. The maximum Gasteiger partial charge on any atom is 0.0465 e. The van der Waals surface area contributed by atoms with Crippen LogP contribution in [0.15, 0.2) is 368 Å². The van der Waals surface area contributed by atoms with E-state index in [0.29, 0.717) is 0 Å². The lowest BCUT2D eigenvalue weighted by atomic mass is 9.70. The van der Waals surface area contributed by atoms with Gasteiger partial charge in [-0.05, 0) is 286 Å². The molecule has 6 nitrogen and oxygen atoms in total. The molecule has 3 heterocycles. The molecule has 0 radical (unpaired) electrons. The second-order valence-electron chi connectivity index (χ2n) is 39.5. The van der Waals surface area contributed by atoms with Crippen molar-refractivity contribution in [1.82, 2.24) is 15.0 Å². The first-order valence-electron chi connectivity index (χ1n) is 50.2. The van der Waals surface area contributed by atoms with Crippen molar-refractivity contribution in [1.29, 1.82) is 0 Å². The third kappa shape index (κ3) is 20.0. The van der Waals surface area contributed by atoms with Crippen LogP contribution in [0.2, 0.25) is 0 Å². The van der Waals surface area contributed by atoms with Crippen molar-refractivity contribution in [2.45, 2.75) is 225 Å². The van der Waals surface area contributed by atoms with Crippen molar-refractivity contribution in [3.05, 3.63) is 423 Å². The molecule has 0 atom stereocenters. The third-order valence-corrected chi connectivity index (χ3v) is 30.7. The minimum absolute atomic E-state index is 0.0216. The smallest absolute Gasteiger partial charge is 0.0465 e. The van der Waals surface area contributed by atoms with Crippen LogP contribution < -0.4 is 16.0 Å². The molecule has 0 saturated heterocycles. The molecule has 3 N–H and O–H groups in total. The number of hydrogen-bond acceptors (Lipinski definition) is 6. The zero-order valence-corrected chi connectivity index (χ0v) is 84.5. The predicted octanol–water partition coefficient (Wildman–Crippen LogP) is 37.3. The Morgan fingerprint density at radius 3 is 0.919 bits per heavy atom. The number of nitrogens with one attached hydrogen (secondary N) is 1. The Balaban J connectivity index is 0.000000130. The topological polar surface area (TPSA) is 80.0 Å². The molecule has 13 aromatic carbocycles. The first-order valence-corrected chi connectivity index (χ1v) is 51.7. The van der Waals surface area contributed by atoms with Crippen LogP contribution in [0.5, 0.6) is 0 Å². The number of halogens is 2. The van der Waals surface area contributed by atoms with Crippen molar-refractivity contribution in [3.63, 3.8) is 0 Å². The molecule has 5 aliphatic carbocycles. The maximum absolute atomic E-state index is 5.59. The summed E-state index contributed by atoms with van der Waals surface area (Å²) in [5.74, 6) is 0. The third-order valence-electron chi connectivity index (χ3n) is 29.7. The summed E-state index contributed by atoms with van der Waals surface area (Å²) >= 11 is 7.31. The van der Waals surface area contributed by atoms with Gasteiger partial charge >= 0.3 is 0 Å². The summed E-state index contributed by atoms with van der Waals surface area (Å²) in [6, 6.07) is 117. The molecule has 136 heavy (non-hydrogen) atoms. The molecule has 3 aromatic heterocycles. The average molecular weight is 1910 g/mol. The fraction of sp³-hybridized carbons (Fsp3) is 0.273. The van der Waals surface area contributed by atoms with Crippen molar-refractivity contribution in [3.8, 4) is 89.0 Å². The van der Waals surface area contributed by atoms with Crippen LogP contribution in [0.1, 0.15) is 253 Å². The molecular formula is C128H132Br2N6. The highest BCUT2D eigenvalue weighted by Crippen LogP contribution is 2.59. The highest BCUT2D eigenvalue weighted by molar-refractivity contribution is 9.10. The van der Waals surface area contributed by atoms with E-state index in [1.165, 1.54) is 250 Å². The SMILES string of the molecule is CC1(C)c2ccccc2-c2ccc(Br)cc21.CC1(C)c2ccccc2-c2ccc(Nc3ccc(-c4cccnc4)cc3)cc21.CCCCCCC1(CCCCCC)c2ccccc2-c2ccc(Br)cc21.CCCCCCC1(CCCCCC)c2ccccc2-c2ccc(N(c3ccc(-c4cccnc4)cc3)c3ccc4c(c3)C(C)(C)c3ccccc3-4)cc21.Nc1ccc(-c2cccnc2)cc1. The van der Waals surface area contributed by atoms with Gasteiger partial charge in [0.05, 0.1) is 0 Å². The number of nitrogen functional groups attached to an aromatic ring is 1. The monoisotopic (exact) mass is 1910 g/mol. The van der Waals surface area contributed by atoms with Crippen molar-refractivity contribution in [2.75, 3.05) is 16.0 Å².